The number of hydrogen-bond acceptors (Lipinski definition) is 6. The van der Waals surface area contributed by atoms with Crippen LogP contribution in [0, 0.1) is 0 Å². The van der Waals surface area contributed by atoms with E-state index < -0.39 is 16.1 Å². The van der Waals surface area contributed by atoms with Gasteiger partial charge in [-0.15, -0.1) is 0 Å². The number of nitrogens with one attached hydrogen (secondary N) is 2. The van der Waals surface area contributed by atoms with Gasteiger partial charge >= 0.3 is 0 Å². The number of carbonyl (C=O) groups excluding carboxylic acids is 3. The second kappa shape index (κ2) is 10.6. The molecule has 0 unspecified atom stereocenters. The van der Waals surface area contributed by atoms with Crippen LogP contribution in [-0.2, 0) is 43.8 Å². The average molecular weight is 473 g/mol. The van der Waals surface area contributed by atoms with E-state index >= 15 is 0 Å². The van der Waals surface area contributed by atoms with E-state index in [4.69, 9.17) is 5.73 Å². The summed E-state index contributed by atoms with van der Waals surface area (Å²) in [5.74, 6) is -0.383. The van der Waals surface area contributed by atoms with Crippen LogP contribution < -0.4 is 15.8 Å². The summed E-state index contributed by atoms with van der Waals surface area (Å²) in [6.07, 6.45) is 1.75. The topological polar surface area (TPSA) is 139 Å². The molecule has 1 aliphatic rings. The van der Waals surface area contributed by atoms with Gasteiger partial charge in [-0.25, -0.2) is 13.1 Å². The highest BCUT2D eigenvalue weighted by molar-refractivity contribution is 7.89. The van der Waals surface area contributed by atoms with Gasteiger partial charge in [0.2, 0.25) is 21.8 Å². The third kappa shape index (κ3) is 5.96. The number of benzene rings is 2. The maximum atomic E-state index is 13.1. The maximum Gasteiger partial charge on any atom is 0.242 e. The van der Waals surface area contributed by atoms with Gasteiger partial charge in [0, 0.05) is 45.1 Å². The Morgan fingerprint density at radius 1 is 1.15 bits per heavy atom. The van der Waals surface area contributed by atoms with Crippen molar-refractivity contribution in [2.24, 2.45) is 0 Å². The number of sulfonamides is 1. The molecular formula is C23H28N4O5S. The first kappa shape index (κ1) is 24.4. The van der Waals surface area contributed by atoms with Crippen molar-refractivity contribution in [3.63, 3.8) is 0 Å². The molecule has 0 saturated heterocycles. The molecule has 0 fully saturated rings. The fraction of sp³-hybridized carbons (Fsp3) is 0.348. The standard InChI is InChI=1S/C23H28N4O5S/c1-25-23(30)21-14-17-6-7-19(24)13-18(17)15-27(21)22(29)10-5-16-3-8-20(9-4-16)33(31,32)26-11-2-12-28/h3-4,6-9,12-13,21,26H,2,5,10-11,14-15,24H2,1H3,(H,25,30)/t21-/m0/s1. The largest absolute Gasteiger partial charge is 0.399 e. The monoisotopic (exact) mass is 472 g/mol. The molecular weight excluding hydrogens is 444 g/mol. The van der Waals surface area contributed by atoms with Crippen LogP contribution in [0.1, 0.15) is 29.5 Å². The predicted octanol–water partition coefficient (Wildman–Crippen LogP) is 0.768. The molecule has 2 aromatic carbocycles. The summed E-state index contributed by atoms with van der Waals surface area (Å²) in [6.45, 7) is 0.347. The van der Waals surface area contributed by atoms with Gasteiger partial charge < -0.3 is 20.7 Å². The number of rotatable bonds is 9. The number of amides is 2. The lowest BCUT2D eigenvalue weighted by Gasteiger charge is -2.36. The molecule has 1 aliphatic heterocycles. The van der Waals surface area contributed by atoms with Gasteiger partial charge in [-0.05, 0) is 47.4 Å². The van der Waals surface area contributed by atoms with E-state index in [-0.39, 0.29) is 36.1 Å². The smallest absolute Gasteiger partial charge is 0.242 e. The summed E-state index contributed by atoms with van der Waals surface area (Å²) in [6, 6.07) is 11.2. The van der Waals surface area contributed by atoms with Gasteiger partial charge in [-0.3, -0.25) is 9.59 Å². The Bertz CT molecular complexity index is 1130. The van der Waals surface area contributed by atoms with Crippen molar-refractivity contribution in [2.45, 2.75) is 43.2 Å². The molecule has 0 saturated carbocycles. The normalized spacial score (nSPS) is 15.5. The van der Waals surface area contributed by atoms with Crippen LogP contribution >= 0.6 is 0 Å². The molecule has 4 N–H and O–H groups in total. The number of carbonyl (C=O) groups is 3. The maximum absolute atomic E-state index is 13.1. The number of aldehydes is 1. The number of hydrogen-bond donors (Lipinski definition) is 3. The van der Waals surface area contributed by atoms with Crippen LogP contribution in [0.5, 0.6) is 0 Å². The molecule has 2 aromatic rings. The first-order valence-electron chi connectivity index (χ1n) is 10.7. The fourth-order valence-electron chi connectivity index (χ4n) is 3.83. The molecule has 10 heteroatoms. The van der Waals surface area contributed by atoms with Crippen molar-refractivity contribution < 1.29 is 22.8 Å². The minimum atomic E-state index is -3.69. The summed E-state index contributed by atoms with van der Waals surface area (Å²) in [7, 11) is -2.14. The molecule has 9 nitrogen and oxygen atoms in total. The van der Waals surface area contributed by atoms with E-state index in [1.807, 2.05) is 12.1 Å². The van der Waals surface area contributed by atoms with Gasteiger partial charge in [-0.1, -0.05) is 18.2 Å². The van der Waals surface area contributed by atoms with Crippen LogP contribution in [0.15, 0.2) is 47.4 Å². The van der Waals surface area contributed by atoms with Gasteiger partial charge in [-0.2, -0.15) is 0 Å². The lowest BCUT2D eigenvalue weighted by atomic mass is 9.92. The van der Waals surface area contributed by atoms with E-state index in [0.717, 1.165) is 16.7 Å². The van der Waals surface area contributed by atoms with E-state index in [2.05, 4.69) is 10.0 Å². The Hall–Kier alpha value is -3.24. The Morgan fingerprint density at radius 2 is 1.88 bits per heavy atom. The van der Waals surface area contributed by atoms with E-state index in [1.54, 1.807) is 30.1 Å². The lowest BCUT2D eigenvalue weighted by molar-refractivity contribution is -0.141. The number of aryl methyl sites for hydroxylation is 1. The zero-order valence-electron chi connectivity index (χ0n) is 18.4. The van der Waals surface area contributed by atoms with Crippen LogP contribution in [0.25, 0.3) is 0 Å². The van der Waals surface area contributed by atoms with E-state index in [9.17, 15) is 22.8 Å². The van der Waals surface area contributed by atoms with Crippen molar-refractivity contribution >= 4 is 33.8 Å². The quantitative estimate of drug-likeness (QED) is 0.280. The number of nitrogens with zero attached hydrogens (tertiary/aromatic N) is 1. The van der Waals surface area contributed by atoms with Gasteiger partial charge in [0.25, 0.3) is 0 Å². The molecule has 1 atom stereocenters. The Labute approximate surface area is 193 Å². The number of anilines is 1. The van der Waals surface area contributed by atoms with Gasteiger partial charge in [0.05, 0.1) is 4.90 Å². The van der Waals surface area contributed by atoms with Crippen molar-refractivity contribution in [2.75, 3.05) is 19.3 Å². The van der Waals surface area contributed by atoms with Gasteiger partial charge in [0.15, 0.2) is 0 Å². The molecule has 0 radical (unpaired) electrons. The second-order valence-corrected chi connectivity index (χ2v) is 9.65. The molecule has 0 spiro atoms. The van der Waals surface area contributed by atoms with Crippen molar-refractivity contribution in [3.8, 4) is 0 Å². The van der Waals surface area contributed by atoms with Crippen molar-refractivity contribution in [3.05, 3.63) is 59.2 Å². The Balaban J connectivity index is 1.67. The average Bonchev–Trinajstić information content (AvgIpc) is 2.81. The SMILES string of the molecule is CNC(=O)[C@@H]1Cc2ccc(N)cc2CN1C(=O)CCc1ccc(S(=O)(=O)NCCC=O)cc1. The highest BCUT2D eigenvalue weighted by atomic mass is 32.2. The summed E-state index contributed by atoms with van der Waals surface area (Å²) in [5, 5.41) is 2.63. The number of likely N-dealkylation sites (N-methyl/N-ethyl adjacent to an activating group) is 1. The zero-order chi connectivity index (χ0) is 24.0. The van der Waals surface area contributed by atoms with Crippen LogP contribution in [0.3, 0.4) is 0 Å². The van der Waals surface area contributed by atoms with E-state index in [1.165, 1.54) is 12.1 Å². The molecule has 176 valence electrons. The van der Waals surface area contributed by atoms with Crippen LogP contribution in [0.4, 0.5) is 5.69 Å². The molecule has 1 heterocycles. The second-order valence-electron chi connectivity index (χ2n) is 7.88. The summed E-state index contributed by atoms with van der Waals surface area (Å²) in [4.78, 5) is 37.5. The summed E-state index contributed by atoms with van der Waals surface area (Å²) in [5.41, 5.74) is 9.23. The van der Waals surface area contributed by atoms with Crippen molar-refractivity contribution in [1.82, 2.24) is 14.9 Å². The zero-order valence-corrected chi connectivity index (χ0v) is 19.2. The highest BCUT2D eigenvalue weighted by Crippen LogP contribution is 2.26. The summed E-state index contributed by atoms with van der Waals surface area (Å²) >= 11 is 0. The minimum Gasteiger partial charge on any atom is -0.399 e. The number of nitrogens with two attached hydrogens (primary N) is 1. The van der Waals surface area contributed by atoms with Crippen LogP contribution in [0.2, 0.25) is 0 Å². The molecule has 33 heavy (non-hydrogen) atoms. The lowest BCUT2D eigenvalue weighted by Crippen LogP contribution is -2.52. The molecule has 2 amide bonds. The Kier molecular flexibility index (Phi) is 7.83. The fourth-order valence-corrected chi connectivity index (χ4v) is 4.88. The highest BCUT2D eigenvalue weighted by Gasteiger charge is 2.33. The molecule has 0 aliphatic carbocycles. The first-order chi connectivity index (χ1) is 15.7. The Morgan fingerprint density at radius 3 is 2.55 bits per heavy atom. The minimum absolute atomic E-state index is 0.0409. The van der Waals surface area contributed by atoms with Crippen molar-refractivity contribution in [1.29, 1.82) is 0 Å². The number of fused-ring (bicyclic) bond motifs is 1. The van der Waals surface area contributed by atoms with Gasteiger partial charge in [0.1, 0.15) is 12.3 Å². The summed E-state index contributed by atoms with van der Waals surface area (Å²) < 4.78 is 26.8. The molecule has 0 bridgehead atoms. The predicted molar refractivity (Wildman–Crippen MR) is 124 cm³/mol. The third-order valence-electron chi connectivity index (χ3n) is 5.65. The third-order valence-corrected chi connectivity index (χ3v) is 7.12. The first-order valence-corrected chi connectivity index (χ1v) is 12.1. The van der Waals surface area contributed by atoms with Crippen LogP contribution in [-0.4, -0.2) is 51.1 Å². The van der Waals surface area contributed by atoms with E-state index in [0.29, 0.717) is 31.4 Å². The molecule has 0 aromatic heterocycles. The molecule has 3 rings (SSSR count). The number of nitrogen functional groups attached to an aromatic ring is 1.